The van der Waals surface area contributed by atoms with Crippen LogP contribution in [0.2, 0.25) is 0 Å². The Kier molecular flexibility index (Phi) is 7.02. The van der Waals surface area contributed by atoms with E-state index in [1.54, 1.807) is 12.1 Å². The largest absolute Gasteiger partial charge is 0.465 e. The van der Waals surface area contributed by atoms with Crippen LogP contribution in [0.4, 0.5) is 5.95 Å². The van der Waals surface area contributed by atoms with E-state index in [1.807, 2.05) is 37.0 Å². The minimum Gasteiger partial charge on any atom is -0.465 e. The van der Waals surface area contributed by atoms with E-state index >= 15 is 0 Å². The van der Waals surface area contributed by atoms with Gasteiger partial charge in [0.15, 0.2) is 0 Å². The topological polar surface area (TPSA) is 101 Å². The number of anilines is 1. The standard InChI is InChI=1S/C25H29BrN6O2/c1-15(14-32-23-12-18(26)8-9-20(23)30-25(32)27)6-5-7-22-19(13-28-31(22)3)21-11-17(24(33)34-4)10-16(2)29-21/h8-13,15H,5-7,14H2,1-4H3,(H2,27,30)/t15-/m1/s1. The molecule has 4 aromatic rings. The molecule has 0 aliphatic heterocycles. The summed E-state index contributed by atoms with van der Waals surface area (Å²) in [7, 11) is 3.32. The molecule has 0 amide bonds. The third-order valence-corrected chi connectivity index (χ3v) is 6.55. The average Bonchev–Trinajstić information content (AvgIpc) is 3.32. The van der Waals surface area contributed by atoms with E-state index in [-0.39, 0.29) is 5.97 Å². The number of hydrogen-bond acceptors (Lipinski definition) is 6. The van der Waals surface area contributed by atoms with E-state index in [0.717, 1.165) is 64.0 Å². The van der Waals surface area contributed by atoms with Crippen LogP contribution in [-0.2, 0) is 24.8 Å². The number of rotatable bonds is 8. The summed E-state index contributed by atoms with van der Waals surface area (Å²) >= 11 is 3.54. The summed E-state index contributed by atoms with van der Waals surface area (Å²) < 4.78 is 9.88. The fourth-order valence-electron chi connectivity index (χ4n) is 4.34. The number of aromatic nitrogens is 5. The Bertz CT molecular complexity index is 1340. The van der Waals surface area contributed by atoms with Gasteiger partial charge in [-0.05, 0) is 62.4 Å². The monoisotopic (exact) mass is 524 g/mol. The minimum atomic E-state index is -0.371. The van der Waals surface area contributed by atoms with Crippen LogP contribution in [0.25, 0.3) is 22.3 Å². The van der Waals surface area contributed by atoms with Crippen molar-refractivity contribution >= 4 is 38.9 Å². The zero-order valence-electron chi connectivity index (χ0n) is 19.9. The van der Waals surface area contributed by atoms with Gasteiger partial charge in [0.05, 0.1) is 35.6 Å². The van der Waals surface area contributed by atoms with Gasteiger partial charge in [0.1, 0.15) is 0 Å². The van der Waals surface area contributed by atoms with Crippen molar-refractivity contribution < 1.29 is 9.53 Å². The zero-order chi connectivity index (χ0) is 24.4. The highest BCUT2D eigenvalue weighted by molar-refractivity contribution is 9.10. The number of methoxy groups -OCH3 is 1. The maximum absolute atomic E-state index is 12.1. The number of nitrogens with zero attached hydrogens (tertiary/aromatic N) is 5. The van der Waals surface area contributed by atoms with Crippen LogP contribution >= 0.6 is 15.9 Å². The Morgan fingerprint density at radius 1 is 1.24 bits per heavy atom. The quantitative estimate of drug-likeness (QED) is 0.328. The van der Waals surface area contributed by atoms with Crippen molar-refractivity contribution in [2.24, 2.45) is 13.0 Å². The number of ether oxygens (including phenoxy) is 1. The first-order chi connectivity index (χ1) is 16.3. The number of imidazole rings is 1. The number of nitrogen functional groups attached to an aromatic ring is 1. The Balaban J connectivity index is 1.46. The van der Waals surface area contributed by atoms with Crippen LogP contribution in [0.1, 0.15) is 41.5 Å². The first kappa shape index (κ1) is 23.9. The van der Waals surface area contributed by atoms with Crippen LogP contribution < -0.4 is 5.73 Å². The lowest BCUT2D eigenvalue weighted by atomic mass is 10.0. The van der Waals surface area contributed by atoms with Gasteiger partial charge in [-0.25, -0.2) is 9.78 Å². The molecule has 0 aliphatic carbocycles. The Morgan fingerprint density at radius 3 is 2.79 bits per heavy atom. The maximum Gasteiger partial charge on any atom is 0.337 e. The van der Waals surface area contributed by atoms with Gasteiger partial charge in [0.2, 0.25) is 5.95 Å². The highest BCUT2D eigenvalue weighted by Crippen LogP contribution is 2.27. The second-order valence-corrected chi connectivity index (χ2v) is 9.63. The molecular weight excluding hydrogens is 496 g/mol. The lowest BCUT2D eigenvalue weighted by Crippen LogP contribution is -2.11. The van der Waals surface area contributed by atoms with Crippen LogP contribution in [0.15, 0.2) is 41.0 Å². The second kappa shape index (κ2) is 9.97. The fourth-order valence-corrected chi connectivity index (χ4v) is 4.69. The molecule has 0 bridgehead atoms. The first-order valence-electron chi connectivity index (χ1n) is 11.3. The maximum atomic E-state index is 12.1. The summed E-state index contributed by atoms with van der Waals surface area (Å²) in [6.07, 6.45) is 4.68. The molecule has 8 nitrogen and oxygen atoms in total. The van der Waals surface area contributed by atoms with Crippen LogP contribution in [-0.4, -0.2) is 37.4 Å². The number of carbonyl (C=O) groups excluding carboxylic acids is 1. The normalized spacial score (nSPS) is 12.3. The predicted molar refractivity (Wildman–Crippen MR) is 136 cm³/mol. The summed E-state index contributed by atoms with van der Waals surface area (Å²) in [6.45, 7) is 4.91. The van der Waals surface area contributed by atoms with Gasteiger partial charge in [-0.1, -0.05) is 22.9 Å². The van der Waals surface area contributed by atoms with E-state index in [4.69, 9.17) is 10.5 Å². The van der Waals surface area contributed by atoms with Gasteiger partial charge < -0.3 is 15.0 Å². The lowest BCUT2D eigenvalue weighted by Gasteiger charge is -2.15. The number of hydrogen-bond donors (Lipinski definition) is 1. The number of carbonyl (C=O) groups is 1. The molecule has 0 aliphatic rings. The van der Waals surface area contributed by atoms with E-state index in [1.165, 1.54) is 7.11 Å². The number of halogens is 1. The molecule has 0 unspecified atom stereocenters. The predicted octanol–water partition coefficient (Wildman–Crippen LogP) is 4.93. The number of aryl methyl sites for hydroxylation is 2. The molecule has 0 radical (unpaired) electrons. The van der Waals surface area contributed by atoms with Crippen molar-refractivity contribution in [1.29, 1.82) is 0 Å². The van der Waals surface area contributed by atoms with Gasteiger partial charge in [0, 0.05) is 35.0 Å². The summed E-state index contributed by atoms with van der Waals surface area (Å²) in [5.41, 5.74) is 12.2. The van der Waals surface area contributed by atoms with Crippen molar-refractivity contribution in [3.05, 3.63) is 58.0 Å². The zero-order valence-corrected chi connectivity index (χ0v) is 21.5. The van der Waals surface area contributed by atoms with Gasteiger partial charge >= 0.3 is 5.97 Å². The van der Waals surface area contributed by atoms with Crippen LogP contribution in [0, 0.1) is 12.8 Å². The van der Waals surface area contributed by atoms with Gasteiger partial charge in [-0.2, -0.15) is 5.10 Å². The number of benzene rings is 1. The van der Waals surface area contributed by atoms with E-state index in [0.29, 0.717) is 17.4 Å². The van der Waals surface area contributed by atoms with Crippen LogP contribution in [0.3, 0.4) is 0 Å². The summed E-state index contributed by atoms with van der Waals surface area (Å²) in [5, 5.41) is 4.46. The van der Waals surface area contributed by atoms with Crippen LogP contribution in [0.5, 0.6) is 0 Å². The number of esters is 1. The summed E-state index contributed by atoms with van der Waals surface area (Å²) in [5.74, 6) is 0.587. The molecule has 34 heavy (non-hydrogen) atoms. The molecule has 1 atom stereocenters. The Morgan fingerprint density at radius 2 is 2.03 bits per heavy atom. The summed E-state index contributed by atoms with van der Waals surface area (Å²) in [6, 6.07) is 9.52. The molecule has 9 heteroatoms. The molecule has 3 aromatic heterocycles. The van der Waals surface area contributed by atoms with Gasteiger partial charge in [-0.3, -0.25) is 9.67 Å². The molecule has 2 N–H and O–H groups in total. The number of nitrogens with two attached hydrogens (primary N) is 1. The number of fused-ring (bicyclic) bond motifs is 1. The molecule has 4 rings (SSSR count). The van der Waals surface area contributed by atoms with Crippen molar-refractivity contribution in [3.8, 4) is 11.3 Å². The number of pyridine rings is 1. The molecule has 0 fully saturated rings. The third kappa shape index (κ3) is 4.99. The van der Waals surface area contributed by atoms with E-state index < -0.39 is 0 Å². The Hall–Kier alpha value is -3.20. The molecule has 0 saturated heterocycles. The van der Waals surface area contributed by atoms with E-state index in [9.17, 15) is 4.79 Å². The van der Waals surface area contributed by atoms with Gasteiger partial charge in [0.25, 0.3) is 0 Å². The summed E-state index contributed by atoms with van der Waals surface area (Å²) in [4.78, 5) is 21.2. The first-order valence-corrected chi connectivity index (χ1v) is 12.1. The lowest BCUT2D eigenvalue weighted by molar-refractivity contribution is 0.0600. The highest BCUT2D eigenvalue weighted by atomic mass is 79.9. The SMILES string of the molecule is COC(=O)c1cc(C)nc(-c2cnn(C)c2CCC[C@@H](C)Cn2c(N)nc3ccc(Br)cc32)c1. The van der Waals surface area contributed by atoms with Crippen molar-refractivity contribution in [1.82, 2.24) is 24.3 Å². The smallest absolute Gasteiger partial charge is 0.337 e. The molecule has 1 aromatic carbocycles. The molecule has 0 spiro atoms. The molecule has 0 saturated carbocycles. The third-order valence-electron chi connectivity index (χ3n) is 6.06. The highest BCUT2D eigenvalue weighted by Gasteiger charge is 2.17. The second-order valence-electron chi connectivity index (χ2n) is 8.71. The Labute approximate surface area is 207 Å². The molecule has 178 valence electrons. The van der Waals surface area contributed by atoms with Crippen molar-refractivity contribution in [2.45, 2.75) is 39.7 Å². The van der Waals surface area contributed by atoms with Crippen molar-refractivity contribution in [3.63, 3.8) is 0 Å². The minimum absolute atomic E-state index is 0.371. The fraction of sp³-hybridized carbons (Fsp3) is 0.360. The van der Waals surface area contributed by atoms with E-state index in [2.05, 4.69) is 48.6 Å². The molecular formula is C25H29BrN6O2. The van der Waals surface area contributed by atoms with Gasteiger partial charge in [-0.15, -0.1) is 0 Å². The molecule has 3 heterocycles. The van der Waals surface area contributed by atoms with Crippen molar-refractivity contribution in [2.75, 3.05) is 12.8 Å². The average molecular weight is 525 g/mol.